The van der Waals surface area contributed by atoms with E-state index in [1.807, 2.05) is 5.38 Å². The van der Waals surface area contributed by atoms with Gasteiger partial charge in [-0.05, 0) is 12.1 Å². The Morgan fingerprint density at radius 1 is 1.38 bits per heavy atom. The zero-order chi connectivity index (χ0) is 16.9. The molecule has 0 radical (unpaired) electrons. The minimum Gasteiger partial charge on any atom is -0.354 e. The SMILES string of the molecule is O=C(NCCc1cscn1)C1CSCN1C(=O)c1ccccc1Cl. The number of aromatic nitrogens is 1. The van der Waals surface area contributed by atoms with Gasteiger partial charge >= 0.3 is 0 Å². The zero-order valence-electron chi connectivity index (χ0n) is 12.8. The lowest BCUT2D eigenvalue weighted by atomic mass is 10.1. The topological polar surface area (TPSA) is 62.3 Å². The van der Waals surface area contributed by atoms with Crippen molar-refractivity contribution in [3.63, 3.8) is 0 Å². The number of rotatable bonds is 5. The van der Waals surface area contributed by atoms with E-state index in [-0.39, 0.29) is 11.8 Å². The summed E-state index contributed by atoms with van der Waals surface area (Å²) in [6, 6.07) is 6.45. The van der Waals surface area contributed by atoms with Crippen molar-refractivity contribution < 1.29 is 9.59 Å². The minimum absolute atomic E-state index is 0.129. The first-order valence-electron chi connectivity index (χ1n) is 7.45. The normalized spacial score (nSPS) is 17.0. The number of benzene rings is 1. The molecule has 8 heteroatoms. The summed E-state index contributed by atoms with van der Waals surface area (Å²) in [5, 5.41) is 5.27. The summed E-state index contributed by atoms with van der Waals surface area (Å²) in [5.41, 5.74) is 3.17. The number of amides is 2. The van der Waals surface area contributed by atoms with E-state index in [4.69, 9.17) is 11.6 Å². The molecule has 0 spiro atoms. The molecule has 3 rings (SSSR count). The maximum Gasteiger partial charge on any atom is 0.256 e. The van der Waals surface area contributed by atoms with Gasteiger partial charge in [-0.2, -0.15) is 0 Å². The van der Waals surface area contributed by atoms with Crippen LogP contribution in [0.15, 0.2) is 35.2 Å². The van der Waals surface area contributed by atoms with Crippen LogP contribution in [0.3, 0.4) is 0 Å². The standard InChI is InChI=1S/C16H16ClN3O2S2/c17-13-4-2-1-3-12(13)16(22)20-10-24-8-14(20)15(21)18-6-5-11-7-23-9-19-11/h1-4,7,9,14H,5-6,8,10H2,(H,18,21). The summed E-state index contributed by atoms with van der Waals surface area (Å²) >= 11 is 9.21. The van der Waals surface area contributed by atoms with Crippen molar-refractivity contribution in [2.75, 3.05) is 18.2 Å². The first-order valence-corrected chi connectivity index (χ1v) is 9.92. The Hall–Kier alpha value is -1.57. The average molecular weight is 382 g/mol. The van der Waals surface area contributed by atoms with E-state index < -0.39 is 6.04 Å². The molecule has 24 heavy (non-hydrogen) atoms. The summed E-state index contributed by atoms with van der Waals surface area (Å²) in [5.74, 6) is 0.758. The van der Waals surface area contributed by atoms with Crippen LogP contribution in [0.2, 0.25) is 5.02 Å². The van der Waals surface area contributed by atoms with Crippen LogP contribution in [0.5, 0.6) is 0 Å². The van der Waals surface area contributed by atoms with Crippen LogP contribution in [0, 0.1) is 0 Å². The van der Waals surface area contributed by atoms with Gasteiger partial charge in [0.05, 0.1) is 27.7 Å². The fourth-order valence-electron chi connectivity index (χ4n) is 2.44. The summed E-state index contributed by atoms with van der Waals surface area (Å²) in [6.07, 6.45) is 0.688. The largest absolute Gasteiger partial charge is 0.354 e. The van der Waals surface area contributed by atoms with Crippen molar-refractivity contribution in [2.24, 2.45) is 0 Å². The molecule has 1 atom stereocenters. The number of thioether (sulfide) groups is 1. The highest BCUT2D eigenvalue weighted by molar-refractivity contribution is 7.99. The molecule has 1 N–H and O–H groups in total. The Balaban J connectivity index is 1.61. The van der Waals surface area contributed by atoms with Gasteiger partial charge in [0, 0.05) is 24.1 Å². The lowest BCUT2D eigenvalue weighted by molar-refractivity contribution is -0.124. The molecular formula is C16H16ClN3O2S2. The van der Waals surface area contributed by atoms with Crippen LogP contribution < -0.4 is 5.32 Å². The van der Waals surface area contributed by atoms with Gasteiger partial charge < -0.3 is 10.2 Å². The van der Waals surface area contributed by atoms with Crippen molar-refractivity contribution >= 4 is 46.5 Å². The molecule has 1 aliphatic heterocycles. The van der Waals surface area contributed by atoms with Crippen molar-refractivity contribution in [2.45, 2.75) is 12.5 Å². The molecule has 0 aliphatic carbocycles. The Bertz CT molecular complexity index is 724. The molecule has 2 heterocycles. The van der Waals surface area contributed by atoms with Crippen LogP contribution in [0.25, 0.3) is 0 Å². The molecule has 1 saturated heterocycles. The molecule has 0 bridgehead atoms. The number of halogens is 1. The second kappa shape index (κ2) is 8.00. The molecule has 1 unspecified atom stereocenters. The lowest BCUT2D eigenvalue weighted by Crippen LogP contribution is -2.47. The number of carbonyl (C=O) groups excluding carboxylic acids is 2. The molecule has 0 saturated carbocycles. The van der Waals surface area contributed by atoms with Crippen LogP contribution >= 0.6 is 34.7 Å². The van der Waals surface area contributed by atoms with Crippen molar-refractivity contribution in [3.05, 3.63) is 51.4 Å². The van der Waals surface area contributed by atoms with Crippen molar-refractivity contribution in [1.29, 1.82) is 0 Å². The maximum atomic E-state index is 12.7. The number of thiazole rings is 1. The molecule has 1 aromatic carbocycles. The molecule has 1 aliphatic rings. The smallest absolute Gasteiger partial charge is 0.256 e. The maximum absolute atomic E-state index is 12.7. The average Bonchev–Trinajstić information content (AvgIpc) is 3.26. The van der Waals surface area contributed by atoms with E-state index in [1.54, 1.807) is 46.4 Å². The number of hydrogen-bond acceptors (Lipinski definition) is 5. The predicted molar refractivity (Wildman–Crippen MR) is 97.6 cm³/mol. The number of nitrogens with one attached hydrogen (secondary N) is 1. The predicted octanol–water partition coefficient (Wildman–Crippen LogP) is 2.67. The molecule has 2 aromatic rings. The van der Waals surface area contributed by atoms with Crippen LogP contribution in [0.1, 0.15) is 16.1 Å². The summed E-state index contributed by atoms with van der Waals surface area (Å²) in [7, 11) is 0. The van der Waals surface area contributed by atoms with Gasteiger partial charge in [-0.25, -0.2) is 4.98 Å². The monoisotopic (exact) mass is 381 g/mol. The van der Waals surface area contributed by atoms with Crippen molar-refractivity contribution in [1.82, 2.24) is 15.2 Å². The fourth-order valence-corrected chi connectivity index (χ4v) is 4.41. The molecule has 126 valence electrons. The van der Waals surface area contributed by atoms with Gasteiger partial charge in [-0.15, -0.1) is 23.1 Å². The summed E-state index contributed by atoms with van der Waals surface area (Å²) < 4.78 is 0. The highest BCUT2D eigenvalue weighted by Crippen LogP contribution is 2.26. The van der Waals surface area contributed by atoms with Gasteiger partial charge in [0.15, 0.2) is 0 Å². The molecule has 2 amide bonds. The third kappa shape index (κ3) is 3.91. The van der Waals surface area contributed by atoms with Gasteiger partial charge in [0.25, 0.3) is 5.91 Å². The Kier molecular flexibility index (Phi) is 5.76. The zero-order valence-corrected chi connectivity index (χ0v) is 15.2. The van der Waals surface area contributed by atoms with Crippen molar-refractivity contribution in [3.8, 4) is 0 Å². The van der Waals surface area contributed by atoms with Gasteiger partial charge in [-0.3, -0.25) is 9.59 Å². The highest BCUT2D eigenvalue weighted by Gasteiger charge is 2.35. The molecule has 1 fully saturated rings. The van der Waals surface area contributed by atoms with E-state index >= 15 is 0 Å². The fraction of sp³-hybridized carbons (Fsp3) is 0.312. The number of nitrogens with zero attached hydrogens (tertiary/aromatic N) is 2. The van der Waals surface area contributed by atoms with Crippen LogP contribution in [0.4, 0.5) is 0 Å². The Morgan fingerprint density at radius 3 is 2.96 bits per heavy atom. The highest BCUT2D eigenvalue weighted by atomic mass is 35.5. The lowest BCUT2D eigenvalue weighted by Gasteiger charge is -2.23. The first-order chi connectivity index (χ1) is 11.7. The van der Waals surface area contributed by atoms with Gasteiger partial charge in [0.1, 0.15) is 6.04 Å². The molecular weight excluding hydrogens is 366 g/mol. The van der Waals surface area contributed by atoms with Crippen LogP contribution in [-0.4, -0.2) is 45.9 Å². The number of carbonyl (C=O) groups is 2. The summed E-state index contributed by atoms with van der Waals surface area (Å²) in [6.45, 7) is 0.512. The Morgan fingerprint density at radius 2 is 2.21 bits per heavy atom. The Labute approximate surface area is 153 Å². The van der Waals surface area contributed by atoms with E-state index in [9.17, 15) is 9.59 Å². The van der Waals surface area contributed by atoms with E-state index in [2.05, 4.69) is 10.3 Å². The van der Waals surface area contributed by atoms with E-state index in [0.29, 0.717) is 35.2 Å². The van der Waals surface area contributed by atoms with Crippen LogP contribution in [-0.2, 0) is 11.2 Å². The van der Waals surface area contributed by atoms with Gasteiger partial charge in [0.2, 0.25) is 5.91 Å². The first kappa shape index (κ1) is 17.3. The van der Waals surface area contributed by atoms with Gasteiger partial charge in [-0.1, -0.05) is 23.7 Å². The molecule has 5 nitrogen and oxygen atoms in total. The summed E-state index contributed by atoms with van der Waals surface area (Å²) in [4.78, 5) is 30.9. The second-order valence-corrected chi connectivity index (χ2v) is 7.42. The quantitative estimate of drug-likeness (QED) is 0.864. The minimum atomic E-state index is -0.464. The second-order valence-electron chi connectivity index (χ2n) is 5.29. The van der Waals surface area contributed by atoms with E-state index in [1.165, 1.54) is 11.3 Å². The third-order valence-electron chi connectivity index (χ3n) is 3.71. The van der Waals surface area contributed by atoms with E-state index in [0.717, 1.165) is 5.69 Å². The number of hydrogen-bond donors (Lipinski definition) is 1. The third-order valence-corrected chi connectivity index (χ3v) is 5.69. The molecule has 1 aromatic heterocycles.